The molecule has 0 radical (unpaired) electrons. The van der Waals surface area contributed by atoms with Crippen LogP contribution in [-0.4, -0.2) is 20.3 Å². The largest absolute Gasteiger partial charge is 0.478 e. The fraction of sp³-hybridized carbons (Fsp3) is 0.286. The zero-order valence-electron chi connectivity index (χ0n) is 11.5. The summed E-state index contributed by atoms with van der Waals surface area (Å²) in [4.78, 5) is 17.1. The Morgan fingerprint density at radius 3 is 2.60 bits per heavy atom. The first kappa shape index (κ1) is 14.9. The average molecular weight is 309 g/mol. The number of hydrogen-bond acceptors (Lipinski definition) is 4. The summed E-state index contributed by atoms with van der Waals surface area (Å²) in [5, 5.41) is 9.91. The summed E-state index contributed by atoms with van der Waals surface area (Å²) >= 11 is 1.53. The molecule has 1 unspecified atom stereocenters. The van der Waals surface area contributed by atoms with E-state index < -0.39 is 16.8 Å². The van der Waals surface area contributed by atoms with E-state index in [0.717, 1.165) is 15.6 Å². The zero-order valence-corrected chi connectivity index (χ0v) is 13.1. The molecule has 2 rings (SSSR count). The number of aryl methyl sites for hydroxylation is 3. The lowest BCUT2D eigenvalue weighted by Crippen LogP contribution is -2.03. The minimum atomic E-state index is -1.28. The van der Waals surface area contributed by atoms with Crippen molar-refractivity contribution >= 4 is 28.1 Å². The zero-order chi connectivity index (χ0) is 14.9. The summed E-state index contributed by atoms with van der Waals surface area (Å²) in [6.45, 7) is 5.63. The second kappa shape index (κ2) is 5.85. The molecule has 6 heteroatoms. The fourth-order valence-corrected chi connectivity index (χ4v) is 3.98. The van der Waals surface area contributed by atoms with Crippen LogP contribution in [0.2, 0.25) is 0 Å². The first-order valence-electron chi connectivity index (χ1n) is 6.03. The molecule has 1 N–H and O–H groups in total. The lowest BCUT2D eigenvalue weighted by molar-refractivity contribution is 0.0696. The van der Waals surface area contributed by atoms with E-state index >= 15 is 0 Å². The summed E-state index contributed by atoms with van der Waals surface area (Å²) in [6.07, 6.45) is 0. The molecule has 106 valence electrons. The van der Waals surface area contributed by atoms with Gasteiger partial charge in [0.2, 0.25) is 0 Å². The maximum atomic E-state index is 12.3. The molecular formula is C14H15NO3S2. The Hall–Kier alpha value is -1.53. The van der Waals surface area contributed by atoms with Gasteiger partial charge in [-0.25, -0.2) is 9.78 Å². The quantitative estimate of drug-likeness (QED) is 0.942. The van der Waals surface area contributed by atoms with Gasteiger partial charge < -0.3 is 5.11 Å². The van der Waals surface area contributed by atoms with Crippen LogP contribution >= 0.6 is 11.3 Å². The van der Waals surface area contributed by atoms with Crippen molar-refractivity contribution in [3.63, 3.8) is 0 Å². The van der Waals surface area contributed by atoms with Crippen LogP contribution in [0.15, 0.2) is 23.1 Å². The monoisotopic (exact) mass is 309 g/mol. The Morgan fingerprint density at radius 1 is 1.35 bits per heavy atom. The van der Waals surface area contributed by atoms with Crippen molar-refractivity contribution in [2.45, 2.75) is 31.4 Å². The molecule has 1 atom stereocenters. The third-order valence-corrected chi connectivity index (χ3v) is 5.60. The Labute approximate surface area is 124 Å². The van der Waals surface area contributed by atoms with Gasteiger partial charge in [-0.15, -0.1) is 11.3 Å². The first-order valence-corrected chi connectivity index (χ1v) is 8.17. The van der Waals surface area contributed by atoms with E-state index in [1.807, 2.05) is 13.8 Å². The van der Waals surface area contributed by atoms with Gasteiger partial charge in [0.25, 0.3) is 0 Å². The van der Waals surface area contributed by atoms with E-state index in [4.69, 9.17) is 5.11 Å². The Kier molecular flexibility index (Phi) is 4.35. The van der Waals surface area contributed by atoms with Crippen molar-refractivity contribution in [3.05, 3.63) is 44.9 Å². The molecule has 1 aromatic heterocycles. The van der Waals surface area contributed by atoms with E-state index in [9.17, 15) is 9.00 Å². The number of nitrogens with zero attached hydrogens (tertiary/aromatic N) is 1. The fourth-order valence-electron chi connectivity index (χ4n) is 1.77. The van der Waals surface area contributed by atoms with Gasteiger partial charge in [-0.3, -0.25) is 4.21 Å². The predicted octanol–water partition coefficient (Wildman–Crippen LogP) is 3.07. The number of aromatic carboxylic acids is 1. The number of thiazole rings is 1. The molecule has 0 fully saturated rings. The van der Waals surface area contributed by atoms with Gasteiger partial charge in [-0.05, 0) is 38.5 Å². The second-order valence-electron chi connectivity index (χ2n) is 4.52. The first-order chi connectivity index (χ1) is 9.38. The van der Waals surface area contributed by atoms with Crippen LogP contribution in [0.25, 0.3) is 0 Å². The second-order valence-corrected chi connectivity index (χ2v) is 7.26. The predicted molar refractivity (Wildman–Crippen MR) is 79.8 cm³/mol. The van der Waals surface area contributed by atoms with Crippen LogP contribution < -0.4 is 0 Å². The third kappa shape index (κ3) is 3.13. The highest BCUT2D eigenvalue weighted by Crippen LogP contribution is 2.21. The molecule has 1 aromatic carbocycles. The van der Waals surface area contributed by atoms with Crippen molar-refractivity contribution in [2.75, 3.05) is 0 Å². The van der Waals surface area contributed by atoms with Gasteiger partial charge in [0.05, 0.1) is 27.8 Å². The van der Waals surface area contributed by atoms with E-state index in [-0.39, 0.29) is 5.56 Å². The third-order valence-electron chi connectivity index (χ3n) is 3.03. The van der Waals surface area contributed by atoms with Gasteiger partial charge >= 0.3 is 5.97 Å². The highest BCUT2D eigenvalue weighted by atomic mass is 32.2. The van der Waals surface area contributed by atoms with Crippen molar-refractivity contribution in [1.82, 2.24) is 4.98 Å². The van der Waals surface area contributed by atoms with Gasteiger partial charge in [0, 0.05) is 9.77 Å². The summed E-state index contributed by atoms with van der Waals surface area (Å²) in [5.74, 6) is -0.677. The van der Waals surface area contributed by atoms with Crippen LogP contribution in [-0.2, 0) is 16.6 Å². The van der Waals surface area contributed by atoms with Crippen LogP contribution in [0.3, 0.4) is 0 Å². The summed E-state index contributed by atoms with van der Waals surface area (Å²) < 4.78 is 12.3. The topological polar surface area (TPSA) is 67.3 Å². The highest BCUT2D eigenvalue weighted by Gasteiger charge is 2.13. The molecule has 0 bridgehead atoms. The van der Waals surface area contributed by atoms with Gasteiger partial charge in [0.1, 0.15) is 5.01 Å². The van der Waals surface area contributed by atoms with Gasteiger partial charge in [-0.1, -0.05) is 6.07 Å². The van der Waals surface area contributed by atoms with Crippen LogP contribution in [0.5, 0.6) is 0 Å². The summed E-state index contributed by atoms with van der Waals surface area (Å²) in [6, 6.07) is 4.89. The van der Waals surface area contributed by atoms with Gasteiger partial charge in [-0.2, -0.15) is 0 Å². The molecule has 0 aliphatic carbocycles. The van der Waals surface area contributed by atoms with Crippen LogP contribution in [0.4, 0.5) is 0 Å². The number of benzene rings is 1. The van der Waals surface area contributed by atoms with Crippen molar-refractivity contribution < 1.29 is 14.1 Å². The average Bonchev–Trinajstić information content (AvgIpc) is 2.68. The van der Waals surface area contributed by atoms with E-state index in [1.54, 1.807) is 19.1 Å². The number of carboxylic acids is 1. The van der Waals surface area contributed by atoms with Crippen molar-refractivity contribution in [2.24, 2.45) is 0 Å². The molecule has 0 aliphatic rings. The minimum Gasteiger partial charge on any atom is -0.478 e. The molecule has 1 heterocycles. The van der Waals surface area contributed by atoms with E-state index in [0.29, 0.717) is 16.2 Å². The summed E-state index contributed by atoms with van der Waals surface area (Å²) in [7, 11) is -1.28. The maximum absolute atomic E-state index is 12.3. The molecule has 0 amide bonds. The lowest BCUT2D eigenvalue weighted by atomic mass is 10.1. The van der Waals surface area contributed by atoms with Crippen molar-refractivity contribution in [1.29, 1.82) is 0 Å². The number of carboxylic acid groups (broad SMARTS) is 1. The number of rotatable bonds is 4. The highest BCUT2D eigenvalue weighted by molar-refractivity contribution is 7.84. The Morgan fingerprint density at radius 2 is 2.05 bits per heavy atom. The molecule has 4 nitrogen and oxygen atoms in total. The summed E-state index contributed by atoms with van der Waals surface area (Å²) in [5.41, 5.74) is 1.82. The maximum Gasteiger partial charge on any atom is 0.335 e. The Balaban J connectivity index is 2.25. The smallest absolute Gasteiger partial charge is 0.335 e. The molecular weight excluding hydrogens is 294 g/mol. The minimum absolute atomic E-state index is 0.197. The van der Waals surface area contributed by atoms with Crippen LogP contribution in [0.1, 0.15) is 31.5 Å². The number of hydrogen-bond donors (Lipinski definition) is 1. The number of carbonyl (C=O) groups is 1. The lowest BCUT2D eigenvalue weighted by Gasteiger charge is -2.04. The SMILES string of the molecule is Cc1ccc(S(=O)Cc2nc(C)c(C)s2)cc1C(=O)O. The van der Waals surface area contributed by atoms with Gasteiger partial charge in [0.15, 0.2) is 0 Å². The molecule has 20 heavy (non-hydrogen) atoms. The molecule has 0 saturated carbocycles. The molecule has 0 spiro atoms. The molecule has 2 aromatic rings. The molecule has 0 aliphatic heterocycles. The standard InChI is InChI=1S/C14H15NO3S2/c1-8-4-5-11(6-12(8)14(16)17)20(18)7-13-15-9(2)10(3)19-13/h4-6H,7H2,1-3H3,(H,16,17). The van der Waals surface area contributed by atoms with Crippen molar-refractivity contribution in [3.8, 4) is 0 Å². The molecule has 0 saturated heterocycles. The normalized spacial score (nSPS) is 12.3. The Bertz CT molecular complexity index is 672. The number of aromatic nitrogens is 1. The van der Waals surface area contributed by atoms with E-state index in [2.05, 4.69) is 4.98 Å². The van der Waals surface area contributed by atoms with Crippen LogP contribution in [0, 0.1) is 20.8 Å². The van der Waals surface area contributed by atoms with E-state index in [1.165, 1.54) is 17.4 Å².